The van der Waals surface area contributed by atoms with Crippen molar-refractivity contribution >= 4 is 29.3 Å². The SMILES string of the molecule is O=C1CCC(N2C(=O)c3ccc(N4CCC(CN5CCC(Oc6ccc([C@@H]7c8ccc(O)cc8CC[C@@H]7c7ccccc7)cc6)CC5)CC4)cc3C2=O)C(=O)N1. The molecule has 4 aliphatic heterocycles. The number of hydrogen-bond acceptors (Lipinski definition) is 8. The summed E-state index contributed by atoms with van der Waals surface area (Å²) in [4.78, 5) is 56.4. The standard InChI is InChI=1S/C46H48N4O6/c51-34-10-15-38-32(26-34)8-13-37(30-4-2-1-3-5-30)43(38)31-6-11-35(12-7-31)56-36-20-22-48(23-21-36)28-29-18-24-49(25-19-29)33-9-14-39-40(27-33)46(55)50(45(39)54)41-16-17-42(52)47-44(41)53/h1-7,9-12,14-15,26-27,29,36-37,41,43,51H,8,13,16-25,28H2,(H,47,52,53)/t37-,41?,43+/m1/s1. The third-order valence-corrected chi connectivity index (χ3v) is 12.8. The third kappa shape index (κ3) is 7.07. The van der Waals surface area contributed by atoms with Crippen LogP contribution in [0, 0.1) is 5.92 Å². The first-order valence-electron chi connectivity index (χ1n) is 20.3. The van der Waals surface area contributed by atoms with Gasteiger partial charge in [-0.15, -0.1) is 0 Å². The summed E-state index contributed by atoms with van der Waals surface area (Å²) in [6, 6.07) is 29.8. The zero-order chi connectivity index (χ0) is 38.3. The molecule has 9 rings (SSSR count). The van der Waals surface area contributed by atoms with Gasteiger partial charge in [0.1, 0.15) is 23.6 Å². The Hall–Kier alpha value is -5.48. The number of piperidine rings is 3. The molecular weight excluding hydrogens is 705 g/mol. The van der Waals surface area contributed by atoms with E-state index >= 15 is 0 Å². The van der Waals surface area contributed by atoms with Crippen LogP contribution in [0.2, 0.25) is 0 Å². The molecule has 0 spiro atoms. The molecule has 3 atom stereocenters. The van der Waals surface area contributed by atoms with Gasteiger partial charge in [-0.05, 0) is 121 Å². The molecular formula is C46H48N4O6. The Morgan fingerprint density at radius 3 is 2.20 bits per heavy atom. The number of aromatic hydroxyl groups is 1. The lowest BCUT2D eigenvalue weighted by atomic mass is 9.69. The average Bonchev–Trinajstić information content (AvgIpc) is 3.47. The van der Waals surface area contributed by atoms with Gasteiger partial charge in [0.15, 0.2) is 0 Å². The summed E-state index contributed by atoms with van der Waals surface area (Å²) < 4.78 is 6.54. The molecule has 0 bridgehead atoms. The van der Waals surface area contributed by atoms with Crippen LogP contribution >= 0.6 is 0 Å². The number of likely N-dealkylation sites (tertiary alicyclic amines) is 1. The number of ether oxygens (including phenoxy) is 1. The molecule has 4 amide bonds. The number of fused-ring (bicyclic) bond motifs is 2. The minimum atomic E-state index is -0.959. The molecule has 288 valence electrons. The smallest absolute Gasteiger partial charge is 0.262 e. The first-order chi connectivity index (χ1) is 27.3. The van der Waals surface area contributed by atoms with Gasteiger partial charge in [-0.25, -0.2) is 0 Å². The highest BCUT2D eigenvalue weighted by molar-refractivity contribution is 6.23. The van der Waals surface area contributed by atoms with Gasteiger partial charge in [0.25, 0.3) is 11.8 Å². The van der Waals surface area contributed by atoms with Crippen LogP contribution in [0.1, 0.15) is 99.8 Å². The van der Waals surface area contributed by atoms with E-state index in [0.29, 0.717) is 28.7 Å². The first kappa shape index (κ1) is 36.2. The summed E-state index contributed by atoms with van der Waals surface area (Å²) in [5, 5.41) is 12.5. The predicted octanol–water partition coefficient (Wildman–Crippen LogP) is 6.42. The summed E-state index contributed by atoms with van der Waals surface area (Å²) in [5.74, 6) is 0.500. The fraction of sp³-hybridized carbons (Fsp3) is 0.391. The second-order valence-electron chi connectivity index (χ2n) is 16.2. The molecule has 5 aliphatic rings. The average molecular weight is 753 g/mol. The summed E-state index contributed by atoms with van der Waals surface area (Å²) in [5.41, 5.74) is 6.71. The minimum absolute atomic E-state index is 0.103. The van der Waals surface area contributed by atoms with Gasteiger partial charge in [-0.1, -0.05) is 48.5 Å². The van der Waals surface area contributed by atoms with Crippen molar-refractivity contribution < 1.29 is 29.0 Å². The highest BCUT2D eigenvalue weighted by Gasteiger charge is 2.45. The first-order valence-corrected chi connectivity index (χ1v) is 20.3. The van der Waals surface area contributed by atoms with E-state index in [0.717, 1.165) is 87.6 Å². The third-order valence-electron chi connectivity index (χ3n) is 12.8. The molecule has 10 nitrogen and oxygen atoms in total. The zero-order valence-corrected chi connectivity index (χ0v) is 31.6. The molecule has 3 saturated heterocycles. The van der Waals surface area contributed by atoms with E-state index in [4.69, 9.17) is 4.74 Å². The lowest BCUT2D eigenvalue weighted by Gasteiger charge is -2.38. The van der Waals surface area contributed by atoms with Crippen molar-refractivity contribution in [1.82, 2.24) is 15.1 Å². The summed E-state index contributed by atoms with van der Waals surface area (Å²) in [6.07, 6.45) is 6.52. The Labute approximate surface area is 327 Å². The van der Waals surface area contributed by atoms with Crippen LogP contribution < -0.4 is 15.0 Å². The number of phenols is 1. The van der Waals surface area contributed by atoms with E-state index in [9.17, 15) is 24.3 Å². The molecule has 3 fully saturated rings. The molecule has 4 aromatic carbocycles. The van der Waals surface area contributed by atoms with Crippen LogP contribution in [-0.2, 0) is 16.0 Å². The molecule has 4 heterocycles. The van der Waals surface area contributed by atoms with Crippen LogP contribution in [0.4, 0.5) is 5.69 Å². The Bertz CT molecular complexity index is 2140. The number of carbonyl (C=O) groups excluding carboxylic acids is 4. The van der Waals surface area contributed by atoms with Crippen LogP contribution in [0.15, 0.2) is 91.0 Å². The van der Waals surface area contributed by atoms with Crippen LogP contribution in [0.3, 0.4) is 0 Å². The molecule has 1 unspecified atom stereocenters. The number of benzene rings is 4. The summed E-state index contributed by atoms with van der Waals surface area (Å²) >= 11 is 0. The number of anilines is 1. The topological polar surface area (TPSA) is 119 Å². The van der Waals surface area contributed by atoms with Crippen molar-refractivity contribution in [3.05, 3.63) is 124 Å². The van der Waals surface area contributed by atoms with E-state index in [1.54, 1.807) is 12.1 Å². The van der Waals surface area contributed by atoms with E-state index in [1.807, 2.05) is 18.2 Å². The monoisotopic (exact) mass is 752 g/mol. The Morgan fingerprint density at radius 1 is 0.696 bits per heavy atom. The fourth-order valence-electron chi connectivity index (χ4n) is 9.83. The van der Waals surface area contributed by atoms with Crippen LogP contribution in [0.25, 0.3) is 0 Å². The maximum absolute atomic E-state index is 13.3. The molecule has 56 heavy (non-hydrogen) atoms. The van der Waals surface area contributed by atoms with E-state index in [2.05, 4.69) is 75.8 Å². The molecule has 0 radical (unpaired) electrons. The molecule has 1 aliphatic carbocycles. The summed E-state index contributed by atoms with van der Waals surface area (Å²) in [6.45, 7) is 4.84. The number of carbonyl (C=O) groups is 4. The maximum Gasteiger partial charge on any atom is 0.262 e. The van der Waals surface area contributed by atoms with Gasteiger partial charge in [-0.2, -0.15) is 0 Å². The highest BCUT2D eigenvalue weighted by atomic mass is 16.5. The highest BCUT2D eigenvalue weighted by Crippen LogP contribution is 2.47. The van der Waals surface area contributed by atoms with Crippen molar-refractivity contribution in [2.75, 3.05) is 37.6 Å². The van der Waals surface area contributed by atoms with Gasteiger partial charge in [-0.3, -0.25) is 29.4 Å². The number of aryl methyl sites for hydroxylation is 1. The van der Waals surface area contributed by atoms with Crippen molar-refractivity contribution in [2.45, 2.75) is 75.3 Å². The van der Waals surface area contributed by atoms with Gasteiger partial charge in [0.05, 0.1) is 11.1 Å². The number of nitrogens with one attached hydrogen (secondary N) is 1. The van der Waals surface area contributed by atoms with Gasteiger partial charge < -0.3 is 19.6 Å². The quantitative estimate of drug-likeness (QED) is 0.198. The van der Waals surface area contributed by atoms with Crippen LogP contribution in [-0.4, -0.2) is 83.4 Å². The predicted molar refractivity (Wildman–Crippen MR) is 212 cm³/mol. The number of imide groups is 2. The fourth-order valence-corrected chi connectivity index (χ4v) is 9.83. The van der Waals surface area contributed by atoms with Crippen molar-refractivity contribution in [3.63, 3.8) is 0 Å². The maximum atomic E-state index is 13.3. The molecule has 4 aromatic rings. The molecule has 2 N–H and O–H groups in total. The van der Waals surface area contributed by atoms with Crippen molar-refractivity contribution in [2.24, 2.45) is 5.92 Å². The van der Waals surface area contributed by atoms with Gasteiger partial charge in [0.2, 0.25) is 11.8 Å². The van der Waals surface area contributed by atoms with Crippen molar-refractivity contribution in [3.8, 4) is 11.5 Å². The molecule has 10 heteroatoms. The second-order valence-corrected chi connectivity index (χ2v) is 16.2. The van der Waals surface area contributed by atoms with Gasteiger partial charge in [0, 0.05) is 50.7 Å². The van der Waals surface area contributed by atoms with E-state index in [1.165, 1.54) is 22.3 Å². The van der Waals surface area contributed by atoms with E-state index < -0.39 is 23.8 Å². The lowest BCUT2D eigenvalue weighted by Crippen LogP contribution is -2.54. The van der Waals surface area contributed by atoms with Crippen LogP contribution in [0.5, 0.6) is 11.5 Å². The van der Waals surface area contributed by atoms with E-state index in [-0.39, 0.29) is 30.8 Å². The number of phenolic OH excluding ortho intramolecular Hbond substituents is 1. The lowest BCUT2D eigenvalue weighted by molar-refractivity contribution is -0.136. The largest absolute Gasteiger partial charge is 0.508 e. The zero-order valence-electron chi connectivity index (χ0n) is 31.6. The molecule has 0 aromatic heterocycles. The molecule has 0 saturated carbocycles. The normalized spacial score (nSPS) is 23.5. The van der Waals surface area contributed by atoms with Crippen molar-refractivity contribution in [1.29, 1.82) is 0 Å². The Morgan fingerprint density at radius 2 is 1.45 bits per heavy atom. The second kappa shape index (κ2) is 15.2. The number of rotatable bonds is 8. The number of amides is 4. The Balaban J connectivity index is 0.764. The number of nitrogens with zero attached hydrogens (tertiary/aromatic N) is 3. The van der Waals surface area contributed by atoms with Gasteiger partial charge >= 0.3 is 0 Å². The Kier molecular flexibility index (Phi) is 9.83. The number of hydrogen-bond donors (Lipinski definition) is 2. The summed E-state index contributed by atoms with van der Waals surface area (Å²) in [7, 11) is 0. The minimum Gasteiger partial charge on any atom is -0.508 e.